The van der Waals surface area contributed by atoms with Crippen molar-refractivity contribution in [3.05, 3.63) is 42.0 Å². The smallest absolute Gasteiger partial charge is 0.242 e. The lowest BCUT2D eigenvalue weighted by atomic mass is 10.1. The molecule has 1 amide bonds. The van der Waals surface area contributed by atoms with Crippen molar-refractivity contribution in [1.29, 1.82) is 0 Å². The number of hydrogen-bond donors (Lipinski definition) is 0. The number of hydrogen-bond acceptors (Lipinski definition) is 6. The second kappa shape index (κ2) is 7.67. The van der Waals surface area contributed by atoms with Crippen LogP contribution in [0, 0.1) is 0 Å². The predicted octanol–water partition coefficient (Wildman–Crippen LogP) is 3.48. The van der Waals surface area contributed by atoms with Crippen LogP contribution in [0.5, 0.6) is 11.5 Å². The van der Waals surface area contributed by atoms with Gasteiger partial charge in [0.2, 0.25) is 5.91 Å². The monoisotopic (exact) mass is 377 g/mol. The van der Waals surface area contributed by atoms with Crippen LogP contribution in [0.3, 0.4) is 0 Å². The third-order valence-electron chi connectivity index (χ3n) is 3.76. The zero-order chi connectivity index (χ0) is 17.8. The summed E-state index contributed by atoms with van der Waals surface area (Å²) in [7, 11) is 3.13. The van der Waals surface area contributed by atoms with Gasteiger partial charge in [0.15, 0.2) is 0 Å². The molecule has 130 valence electrons. The van der Waals surface area contributed by atoms with E-state index in [1.54, 1.807) is 37.3 Å². The molecule has 0 aliphatic carbocycles. The molecule has 2 aromatic carbocycles. The highest BCUT2D eigenvalue weighted by molar-refractivity contribution is 7.00. The highest BCUT2D eigenvalue weighted by atomic mass is 35.5. The number of carbonyl (C=O) groups excluding carboxylic acids is 1. The number of nitrogens with zero attached hydrogens (tertiary/aromatic N) is 3. The Morgan fingerprint density at radius 1 is 1.16 bits per heavy atom. The van der Waals surface area contributed by atoms with Crippen molar-refractivity contribution in [2.75, 3.05) is 25.0 Å². The fourth-order valence-electron chi connectivity index (χ4n) is 2.50. The summed E-state index contributed by atoms with van der Waals surface area (Å²) >= 11 is 6.97. The van der Waals surface area contributed by atoms with Crippen molar-refractivity contribution < 1.29 is 14.3 Å². The van der Waals surface area contributed by atoms with Crippen LogP contribution in [0.15, 0.2) is 36.4 Å². The SMILES string of the molecule is COc1cc(OC)cc(N(Cc2cccc3nsnc23)C(=O)CCl)c1. The number of benzene rings is 2. The summed E-state index contributed by atoms with van der Waals surface area (Å²) in [4.78, 5) is 14.1. The number of anilines is 1. The summed E-state index contributed by atoms with van der Waals surface area (Å²) in [5.74, 6) is 0.827. The Labute approximate surface area is 154 Å². The van der Waals surface area contributed by atoms with Gasteiger partial charge in [-0.15, -0.1) is 11.6 Å². The van der Waals surface area contributed by atoms with Crippen molar-refractivity contribution in [3.63, 3.8) is 0 Å². The van der Waals surface area contributed by atoms with E-state index in [1.165, 1.54) is 0 Å². The highest BCUT2D eigenvalue weighted by Crippen LogP contribution is 2.30. The minimum Gasteiger partial charge on any atom is -0.497 e. The second-order valence-electron chi connectivity index (χ2n) is 5.23. The lowest BCUT2D eigenvalue weighted by Crippen LogP contribution is -2.31. The van der Waals surface area contributed by atoms with Gasteiger partial charge in [-0.25, -0.2) is 0 Å². The van der Waals surface area contributed by atoms with Gasteiger partial charge >= 0.3 is 0 Å². The molecule has 0 aliphatic rings. The van der Waals surface area contributed by atoms with E-state index in [9.17, 15) is 4.79 Å². The maximum Gasteiger partial charge on any atom is 0.242 e. The molecule has 8 heteroatoms. The van der Waals surface area contributed by atoms with E-state index in [4.69, 9.17) is 21.1 Å². The lowest BCUT2D eigenvalue weighted by Gasteiger charge is -2.23. The standard InChI is InChI=1S/C17H16ClN3O3S/c1-23-13-6-12(7-14(8-13)24-2)21(16(22)9-18)10-11-4-3-5-15-17(11)20-25-19-15/h3-8H,9-10H2,1-2H3. The van der Waals surface area contributed by atoms with Gasteiger partial charge in [-0.2, -0.15) is 8.75 Å². The first-order chi connectivity index (χ1) is 12.2. The zero-order valence-electron chi connectivity index (χ0n) is 13.7. The van der Waals surface area contributed by atoms with Crippen LogP contribution < -0.4 is 14.4 Å². The Hall–Kier alpha value is -2.38. The summed E-state index contributed by atoms with van der Waals surface area (Å²) < 4.78 is 19.2. The average Bonchev–Trinajstić information content (AvgIpc) is 3.14. The number of aromatic nitrogens is 2. The average molecular weight is 378 g/mol. The Kier molecular flexibility index (Phi) is 5.35. The maximum atomic E-state index is 12.5. The number of methoxy groups -OCH3 is 2. The number of ether oxygens (including phenoxy) is 2. The molecule has 0 bridgehead atoms. The molecular weight excluding hydrogens is 362 g/mol. The van der Waals surface area contributed by atoms with E-state index in [0.29, 0.717) is 23.7 Å². The predicted molar refractivity (Wildman–Crippen MR) is 98.9 cm³/mol. The molecule has 1 aromatic heterocycles. The second-order valence-corrected chi connectivity index (χ2v) is 6.03. The highest BCUT2D eigenvalue weighted by Gasteiger charge is 2.19. The summed E-state index contributed by atoms with van der Waals surface area (Å²) in [5, 5.41) is 0. The van der Waals surface area contributed by atoms with Crippen LogP contribution in [0.25, 0.3) is 11.0 Å². The molecular formula is C17H16ClN3O3S. The normalized spacial score (nSPS) is 10.7. The Bertz CT molecular complexity index is 877. The Morgan fingerprint density at radius 3 is 2.52 bits per heavy atom. The number of alkyl halides is 1. The first-order valence-corrected chi connectivity index (χ1v) is 8.72. The molecule has 0 radical (unpaired) electrons. The van der Waals surface area contributed by atoms with Gasteiger partial charge in [-0.3, -0.25) is 4.79 Å². The van der Waals surface area contributed by atoms with Gasteiger partial charge in [0.25, 0.3) is 0 Å². The van der Waals surface area contributed by atoms with Gasteiger partial charge in [0.05, 0.1) is 38.2 Å². The minimum atomic E-state index is -0.225. The van der Waals surface area contributed by atoms with Crippen LogP contribution >= 0.6 is 23.3 Å². The van der Waals surface area contributed by atoms with Crippen molar-refractivity contribution >= 4 is 46.0 Å². The van der Waals surface area contributed by atoms with E-state index in [2.05, 4.69) is 8.75 Å². The van der Waals surface area contributed by atoms with Crippen LogP contribution in [-0.4, -0.2) is 34.8 Å². The van der Waals surface area contributed by atoms with E-state index in [-0.39, 0.29) is 11.8 Å². The van der Waals surface area contributed by atoms with Crippen molar-refractivity contribution in [2.24, 2.45) is 0 Å². The van der Waals surface area contributed by atoms with E-state index < -0.39 is 0 Å². The lowest BCUT2D eigenvalue weighted by molar-refractivity contribution is -0.116. The Balaban J connectivity index is 2.04. The minimum absolute atomic E-state index is 0.134. The molecule has 0 atom stereocenters. The summed E-state index contributed by atoms with van der Waals surface area (Å²) in [5.41, 5.74) is 3.13. The van der Waals surface area contributed by atoms with Crippen LogP contribution in [0.4, 0.5) is 5.69 Å². The molecule has 0 saturated heterocycles. The molecule has 0 spiro atoms. The van der Waals surface area contributed by atoms with Crippen LogP contribution in [-0.2, 0) is 11.3 Å². The third kappa shape index (κ3) is 3.67. The van der Waals surface area contributed by atoms with E-state index in [0.717, 1.165) is 28.3 Å². The fourth-order valence-corrected chi connectivity index (χ4v) is 3.22. The Morgan fingerprint density at radius 2 is 1.88 bits per heavy atom. The molecule has 6 nitrogen and oxygen atoms in total. The van der Waals surface area contributed by atoms with Crippen LogP contribution in [0.2, 0.25) is 0 Å². The van der Waals surface area contributed by atoms with Gasteiger partial charge in [0.1, 0.15) is 28.4 Å². The number of rotatable bonds is 6. The number of fused-ring (bicyclic) bond motifs is 1. The summed E-state index contributed by atoms with van der Waals surface area (Å²) in [6, 6.07) is 11.0. The zero-order valence-corrected chi connectivity index (χ0v) is 15.3. The molecule has 25 heavy (non-hydrogen) atoms. The van der Waals surface area contributed by atoms with Gasteiger partial charge in [0, 0.05) is 23.8 Å². The molecule has 0 aliphatic heterocycles. The molecule has 3 aromatic rings. The molecule has 0 unspecified atom stereocenters. The molecule has 1 heterocycles. The topological polar surface area (TPSA) is 64.6 Å². The number of carbonyl (C=O) groups is 1. The first kappa shape index (κ1) is 17.4. The number of amides is 1. The van der Waals surface area contributed by atoms with Crippen molar-refractivity contribution in [3.8, 4) is 11.5 Å². The maximum absolute atomic E-state index is 12.5. The molecule has 0 N–H and O–H groups in total. The molecule has 0 saturated carbocycles. The van der Waals surface area contributed by atoms with E-state index >= 15 is 0 Å². The molecule has 3 rings (SSSR count). The van der Waals surface area contributed by atoms with E-state index in [1.807, 2.05) is 18.2 Å². The van der Waals surface area contributed by atoms with Gasteiger partial charge < -0.3 is 14.4 Å². The summed E-state index contributed by atoms with van der Waals surface area (Å²) in [6.07, 6.45) is 0. The number of halogens is 1. The first-order valence-electron chi connectivity index (χ1n) is 7.46. The quantitative estimate of drug-likeness (QED) is 0.615. The van der Waals surface area contributed by atoms with Crippen molar-refractivity contribution in [1.82, 2.24) is 8.75 Å². The van der Waals surface area contributed by atoms with Crippen LogP contribution in [0.1, 0.15) is 5.56 Å². The fraction of sp³-hybridized carbons (Fsp3) is 0.235. The summed E-state index contributed by atoms with van der Waals surface area (Å²) in [6.45, 7) is 0.324. The van der Waals surface area contributed by atoms with Gasteiger partial charge in [-0.05, 0) is 6.07 Å². The third-order valence-corrected chi connectivity index (χ3v) is 4.53. The molecule has 0 fully saturated rings. The van der Waals surface area contributed by atoms with Crippen molar-refractivity contribution in [2.45, 2.75) is 6.54 Å². The largest absolute Gasteiger partial charge is 0.497 e. The van der Waals surface area contributed by atoms with Gasteiger partial charge in [-0.1, -0.05) is 12.1 Å².